The van der Waals surface area contributed by atoms with E-state index in [2.05, 4.69) is 280 Å². The summed E-state index contributed by atoms with van der Waals surface area (Å²) >= 11 is 0. The van der Waals surface area contributed by atoms with E-state index >= 15 is 0 Å². The standard InChI is InChI=1S/C71H49N/c1-46-37-42-66(56-29-12-9-25-51(46)56)72(67-43-38-47(2)52-26-10-13-30-57(52)67)68-44-41-63(53-27-11-14-31-58(53)68)70-61-34-17-15-32-59(61)69(60-33-16-18-35-62(60)70)48-39-40-55-54-28-19-20-36-64(54)71(65(55)45-48,49-21-5-3-6-22-49)50-23-7-4-8-24-50/h3-45H,1-2H3. The maximum absolute atomic E-state index is 2.52. The van der Waals surface area contributed by atoms with Crippen LogP contribution in [-0.4, -0.2) is 0 Å². The molecule has 1 nitrogen and oxygen atoms in total. The van der Waals surface area contributed by atoms with E-state index in [-0.39, 0.29) is 0 Å². The van der Waals surface area contributed by atoms with Gasteiger partial charge in [0, 0.05) is 16.2 Å². The second-order valence-electron chi connectivity index (χ2n) is 19.5. The van der Waals surface area contributed by atoms with Gasteiger partial charge < -0.3 is 4.90 Å². The van der Waals surface area contributed by atoms with Gasteiger partial charge in [-0.25, -0.2) is 0 Å². The van der Waals surface area contributed by atoms with Crippen molar-refractivity contribution in [1.82, 2.24) is 0 Å². The average molecular weight is 916 g/mol. The van der Waals surface area contributed by atoms with Crippen molar-refractivity contribution >= 4 is 70.9 Å². The molecule has 0 radical (unpaired) electrons. The van der Waals surface area contributed by atoms with Gasteiger partial charge in [0.05, 0.1) is 22.5 Å². The van der Waals surface area contributed by atoms with E-state index in [4.69, 9.17) is 0 Å². The first-order valence-corrected chi connectivity index (χ1v) is 25.2. The molecule has 0 amide bonds. The fourth-order valence-corrected chi connectivity index (χ4v) is 12.7. The minimum Gasteiger partial charge on any atom is -0.309 e. The molecule has 1 heteroatoms. The number of rotatable bonds is 7. The van der Waals surface area contributed by atoms with Crippen LogP contribution in [0.1, 0.15) is 33.4 Å². The lowest BCUT2D eigenvalue weighted by Gasteiger charge is -2.34. The molecule has 0 heterocycles. The van der Waals surface area contributed by atoms with Crippen LogP contribution in [0.3, 0.4) is 0 Å². The molecular formula is C71H49N. The zero-order valence-corrected chi connectivity index (χ0v) is 40.3. The molecule has 14 rings (SSSR count). The lowest BCUT2D eigenvalue weighted by Crippen LogP contribution is -2.28. The lowest BCUT2D eigenvalue weighted by atomic mass is 9.67. The van der Waals surface area contributed by atoms with Crippen molar-refractivity contribution in [2.45, 2.75) is 19.3 Å². The Bertz CT molecular complexity index is 4120. The van der Waals surface area contributed by atoms with Gasteiger partial charge in [0.15, 0.2) is 0 Å². The average Bonchev–Trinajstić information content (AvgIpc) is 3.74. The van der Waals surface area contributed by atoms with Gasteiger partial charge in [0.25, 0.3) is 0 Å². The van der Waals surface area contributed by atoms with Gasteiger partial charge in [-0.1, -0.05) is 237 Å². The van der Waals surface area contributed by atoms with Gasteiger partial charge in [-0.3, -0.25) is 0 Å². The van der Waals surface area contributed by atoms with Gasteiger partial charge in [-0.05, 0) is 143 Å². The molecule has 338 valence electrons. The van der Waals surface area contributed by atoms with Crippen molar-refractivity contribution in [3.8, 4) is 33.4 Å². The number of fused-ring (bicyclic) bond motifs is 8. The van der Waals surface area contributed by atoms with Crippen molar-refractivity contribution in [3.05, 3.63) is 294 Å². The van der Waals surface area contributed by atoms with E-state index in [9.17, 15) is 0 Å². The topological polar surface area (TPSA) is 3.24 Å². The predicted octanol–water partition coefficient (Wildman–Crippen LogP) is 19.2. The van der Waals surface area contributed by atoms with Crippen LogP contribution in [0.2, 0.25) is 0 Å². The summed E-state index contributed by atoms with van der Waals surface area (Å²) in [6, 6.07) is 97.5. The summed E-state index contributed by atoms with van der Waals surface area (Å²) in [5.74, 6) is 0. The fourth-order valence-electron chi connectivity index (χ4n) is 12.7. The molecule has 13 aromatic rings. The Morgan fingerprint density at radius 3 is 1.17 bits per heavy atom. The Morgan fingerprint density at radius 2 is 0.639 bits per heavy atom. The van der Waals surface area contributed by atoms with Gasteiger partial charge >= 0.3 is 0 Å². The van der Waals surface area contributed by atoms with E-state index in [1.807, 2.05) is 0 Å². The summed E-state index contributed by atoms with van der Waals surface area (Å²) in [4.78, 5) is 2.52. The number of nitrogens with zero attached hydrogens (tertiary/aromatic N) is 1. The zero-order valence-electron chi connectivity index (χ0n) is 40.3. The van der Waals surface area contributed by atoms with Crippen LogP contribution >= 0.6 is 0 Å². The first kappa shape index (κ1) is 41.9. The van der Waals surface area contributed by atoms with Crippen LogP contribution in [0.15, 0.2) is 261 Å². The first-order valence-electron chi connectivity index (χ1n) is 25.2. The predicted molar refractivity (Wildman–Crippen MR) is 306 cm³/mol. The molecule has 0 atom stereocenters. The molecule has 72 heavy (non-hydrogen) atoms. The van der Waals surface area contributed by atoms with Gasteiger partial charge in [0.2, 0.25) is 0 Å². The Balaban J connectivity index is 1.02. The molecule has 0 N–H and O–H groups in total. The number of anilines is 3. The minimum atomic E-state index is -0.500. The summed E-state index contributed by atoms with van der Waals surface area (Å²) in [6.07, 6.45) is 0. The number of aryl methyl sites for hydroxylation is 2. The SMILES string of the molecule is Cc1ccc(N(c2ccc(C)c3ccccc23)c2ccc(-c3c4ccccc4c(-c4ccc5c(c4)C(c4ccccc4)(c4ccccc4)c4ccccc4-5)c4ccccc34)c3ccccc23)c2ccccc12. The lowest BCUT2D eigenvalue weighted by molar-refractivity contribution is 0.769. The molecule has 1 aliphatic carbocycles. The zero-order chi connectivity index (χ0) is 47.9. The molecule has 0 saturated carbocycles. The Morgan fingerprint density at radius 1 is 0.264 bits per heavy atom. The monoisotopic (exact) mass is 915 g/mol. The fraction of sp³-hybridized carbons (Fsp3) is 0.0423. The second kappa shape index (κ2) is 16.5. The van der Waals surface area contributed by atoms with Crippen LogP contribution in [0, 0.1) is 13.8 Å². The van der Waals surface area contributed by atoms with Crippen molar-refractivity contribution in [2.75, 3.05) is 4.90 Å². The maximum Gasteiger partial charge on any atom is 0.0713 e. The highest BCUT2D eigenvalue weighted by Crippen LogP contribution is 2.58. The van der Waals surface area contributed by atoms with Crippen molar-refractivity contribution < 1.29 is 0 Å². The van der Waals surface area contributed by atoms with E-state index in [1.165, 1.54) is 121 Å². The summed E-state index contributed by atoms with van der Waals surface area (Å²) in [5.41, 5.74) is 18.2. The van der Waals surface area contributed by atoms with Gasteiger partial charge in [-0.2, -0.15) is 0 Å². The number of hydrogen-bond donors (Lipinski definition) is 0. The largest absolute Gasteiger partial charge is 0.309 e. The summed E-state index contributed by atoms with van der Waals surface area (Å²) in [6.45, 7) is 4.43. The normalized spacial score (nSPS) is 12.7. The van der Waals surface area contributed by atoms with Crippen LogP contribution in [0.25, 0.3) is 87.2 Å². The second-order valence-corrected chi connectivity index (χ2v) is 19.5. The highest BCUT2D eigenvalue weighted by molar-refractivity contribution is 6.25. The molecule has 0 fully saturated rings. The van der Waals surface area contributed by atoms with Gasteiger partial charge in [0.1, 0.15) is 0 Å². The smallest absolute Gasteiger partial charge is 0.0713 e. The maximum atomic E-state index is 2.52. The molecule has 0 aromatic heterocycles. The minimum absolute atomic E-state index is 0.500. The molecule has 13 aromatic carbocycles. The molecule has 0 aliphatic heterocycles. The Kier molecular flexibility index (Phi) is 9.63. The summed E-state index contributed by atoms with van der Waals surface area (Å²) in [5, 5.41) is 12.3. The third-order valence-electron chi connectivity index (χ3n) is 15.8. The van der Waals surface area contributed by atoms with E-state index in [1.54, 1.807) is 0 Å². The summed E-state index contributed by atoms with van der Waals surface area (Å²) < 4.78 is 0. The van der Waals surface area contributed by atoms with E-state index in [0.717, 1.165) is 17.1 Å². The van der Waals surface area contributed by atoms with E-state index < -0.39 is 5.41 Å². The summed E-state index contributed by atoms with van der Waals surface area (Å²) in [7, 11) is 0. The highest BCUT2D eigenvalue weighted by Gasteiger charge is 2.46. The van der Waals surface area contributed by atoms with Crippen LogP contribution in [-0.2, 0) is 5.41 Å². The molecule has 0 spiro atoms. The first-order chi connectivity index (χ1) is 35.6. The van der Waals surface area contributed by atoms with Gasteiger partial charge in [-0.15, -0.1) is 0 Å². The van der Waals surface area contributed by atoms with Crippen molar-refractivity contribution in [3.63, 3.8) is 0 Å². The molecule has 1 aliphatic rings. The molecular weight excluding hydrogens is 867 g/mol. The molecule has 0 bridgehead atoms. The van der Waals surface area contributed by atoms with Crippen LogP contribution in [0.5, 0.6) is 0 Å². The van der Waals surface area contributed by atoms with Crippen LogP contribution in [0.4, 0.5) is 17.1 Å². The van der Waals surface area contributed by atoms with Crippen LogP contribution < -0.4 is 4.90 Å². The van der Waals surface area contributed by atoms with Crippen molar-refractivity contribution in [1.29, 1.82) is 0 Å². The molecule has 0 saturated heterocycles. The van der Waals surface area contributed by atoms with E-state index in [0.29, 0.717) is 0 Å². The Hall–Kier alpha value is -9.04. The number of hydrogen-bond acceptors (Lipinski definition) is 1. The van der Waals surface area contributed by atoms with Crippen molar-refractivity contribution in [2.24, 2.45) is 0 Å². The third-order valence-corrected chi connectivity index (χ3v) is 15.8. The Labute approximate surface area is 420 Å². The quantitative estimate of drug-likeness (QED) is 0.144. The highest BCUT2D eigenvalue weighted by atomic mass is 15.1. The molecule has 0 unspecified atom stereocenters. The number of benzene rings is 13. The third kappa shape index (κ3) is 6.14.